The van der Waals surface area contributed by atoms with Crippen LogP contribution >= 0.6 is 0 Å². The maximum atomic E-state index is 13.7. The third kappa shape index (κ3) is 11.3. The minimum Gasteiger partial charge on any atom is -0.462 e. The van der Waals surface area contributed by atoms with Gasteiger partial charge in [0.1, 0.15) is 40.4 Å². The Bertz CT molecular complexity index is 2780. The summed E-state index contributed by atoms with van der Waals surface area (Å²) < 4.78 is 28.6. The van der Waals surface area contributed by atoms with Gasteiger partial charge in [-0.05, 0) is 111 Å². The number of hydrogen-bond acceptors (Lipinski definition) is 14. The van der Waals surface area contributed by atoms with E-state index in [1.807, 2.05) is 24.3 Å². The van der Waals surface area contributed by atoms with Crippen LogP contribution in [0.15, 0.2) is 110 Å². The number of fused-ring (bicyclic) bond motifs is 4. The van der Waals surface area contributed by atoms with Crippen molar-refractivity contribution in [2.45, 2.75) is 95.7 Å². The van der Waals surface area contributed by atoms with Crippen LogP contribution in [0.5, 0.6) is 17.2 Å². The molecule has 0 N–H and O–H groups in total. The molecule has 3 aliphatic rings. The average Bonchev–Trinajstić information content (AvgIpc) is 3.63. The largest absolute Gasteiger partial charge is 0.462 e. The molecule has 1 heterocycles. The van der Waals surface area contributed by atoms with Crippen molar-refractivity contribution in [3.8, 4) is 28.5 Å². The van der Waals surface area contributed by atoms with Crippen LogP contribution in [0, 0.1) is 11.8 Å². The second kappa shape index (κ2) is 21.3. The quantitative estimate of drug-likeness (QED) is 0.0480. The summed E-state index contributed by atoms with van der Waals surface area (Å²) in [6.45, 7) is 6.88. The highest BCUT2D eigenvalue weighted by atomic mass is 16.6. The minimum atomic E-state index is -0.558. The SMILES string of the molecule is C=CC(=O)Cc1ccc(CCC(=O)O[C@H]2CC[C@H](C(=O)Oc3ccc(OC(=O)[C@H]4CC[C@H](OC(=O)CCc5ccc(OC(=O)C=C)cc5)CC4)c4nc5c(nc34)C(=O)c3ccccc3-5)CC2)cc1. The molecule has 0 atom stereocenters. The first-order chi connectivity index (χ1) is 32.9. The van der Waals surface area contributed by atoms with E-state index in [0.29, 0.717) is 86.8 Å². The summed E-state index contributed by atoms with van der Waals surface area (Å²) in [4.78, 5) is 99.0. The lowest BCUT2D eigenvalue weighted by Gasteiger charge is -2.27. The van der Waals surface area contributed by atoms with E-state index in [4.69, 9.17) is 33.7 Å². The number of aromatic nitrogens is 2. The van der Waals surface area contributed by atoms with Gasteiger partial charge in [-0.15, -0.1) is 0 Å². The highest BCUT2D eigenvalue weighted by Gasteiger charge is 2.35. The number of carbonyl (C=O) groups is 7. The fraction of sp³-hybridized carbons (Fsp3) is 0.315. The van der Waals surface area contributed by atoms with E-state index in [2.05, 4.69) is 13.2 Å². The van der Waals surface area contributed by atoms with Crippen LogP contribution in [-0.4, -0.2) is 63.6 Å². The molecule has 0 radical (unpaired) electrons. The average molecular weight is 919 g/mol. The number of nitrogens with zero attached hydrogens (tertiary/aromatic N) is 2. The van der Waals surface area contributed by atoms with Gasteiger partial charge in [0.25, 0.3) is 0 Å². The zero-order valence-corrected chi connectivity index (χ0v) is 37.4. The number of allylic oxidation sites excluding steroid dienone is 1. The van der Waals surface area contributed by atoms with Crippen molar-refractivity contribution < 1.29 is 57.2 Å². The lowest BCUT2D eigenvalue weighted by atomic mass is 9.87. The molecule has 68 heavy (non-hydrogen) atoms. The molecule has 2 saturated carbocycles. The van der Waals surface area contributed by atoms with Gasteiger partial charge in [0.05, 0.1) is 11.8 Å². The van der Waals surface area contributed by atoms with Crippen LogP contribution in [-0.2, 0) is 57.5 Å². The summed E-state index contributed by atoms with van der Waals surface area (Å²) in [5.41, 5.74) is 4.39. The minimum absolute atomic E-state index is 0.0604. The Morgan fingerprint density at radius 2 is 1.01 bits per heavy atom. The smallest absolute Gasteiger partial charge is 0.335 e. The van der Waals surface area contributed by atoms with Crippen LogP contribution in [0.3, 0.4) is 0 Å². The zero-order chi connectivity index (χ0) is 47.7. The molecule has 2 fully saturated rings. The van der Waals surface area contributed by atoms with E-state index in [-0.39, 0.29) is 83.2 Å². The predicted octanol–water partition coefficient (Wildman–Crippen LogP) is 8.51. The highest BCUT2D eigenvalue weighted by molar-refractivity contribution is 6.20. The molecule has 0 spiro atoms. The molecule has 0 unspecified atom stereocenters. The number of esters is 5. The molecule has 5 aromatic rings. The van der Waals surface area contributed by atoms with E-state index < -0.39 is 29.7 Å². The Balaban J connectivity index is 0.862. The maximum absolute atomic E-state index is 13.7. The third-order valence-corrected chi connectivity index (χ3v) is 12.6. The molecular formula is C54H50N2O12. The van der Waals surface area contributed by atoms with E-state index in [0.717, 1.165) is 22.8 Å². The number of hydrogen-bond donors (Lipinski definition) is 0. The number of carbonyl (C=O) groups excluding carboxylic acids is 7. The highest BCUT2D eigenvalue weighted by Crippen LogP contribution is 2.40. The Morgan fingerprint density at radius 3 is 1.51 bits per heavy atom. The fourth-order valence-corrected chi connectivity index (χ4v) is 8.79. The third-order valence-electron chi connectivity index (χ3n) is 12.6. The summed E-state index contributed by atoms with van der Waals surface area (Å²) in [7, 11) is 0. The van der Waals surface area contributed by atoms with Gasteiger partial charge in [0.15, 0.2) is 17.3 Å². The molecular weight excluding hydrogens is 869 g/mol. The Morgan fingerprint density at radius 1 is 0.544 bits per heavy atom. The monoisotopic (exact) mass is 918 g/mol. The van der Waals surface area contributed by atoms with Gasteiger partial charge < -0.3 is 23.7 Å². The Kier molecular flexibility index (Phi) is 14.7. The van der Waals surface area contributed by atoms with Gasteiger partial charge in [-0.1, -0.05) is 73.8 Å². The van der Waals surface area contributed by atoms with Gasteiger partial charge in [-0.2, -0.15) is 0 Å². The molecule has 348 valence electrons. The first kappa shape index (κ1) is 46.9. The number of ether oxygens (including phenoxy) is 5. The van der Waals surface area contributed by atoms with Gasteiger partial charge >= 0.3 is 29.8 Å². The van der Waals surface area contributed by atoms with E-state index in [1.54, 1.807) is 48.5 Å². The van der Waals surface area contributed by atoms with Crippen LogP contribution in [0.2, 0.25) is 0 Å². The maximum Gasteiger partial charge on any atom is 0.335 e. The molecule has 0 saturated heterocycles. The fourth-order valence-electron chi connectivity index (χ4n) is 8.79. The molecule has 3 aliphatic carbocycles. The molecule has 14 nitrogen and oxygen atoms in total. The van der Waals surface area contributed by atoms with E-state index >= 15 is 0 Å². The molecule has 8 rings (SSSR count). The number of aryl methyl sites for hydroxylation is 2. The first-order valence-corrected chi connectivity index (χ1v) is 22.9. The lowest BCUT2D eigenvalue weighted by Crippen LogP contribution is -2.30. The van der Waals surface area contributed by atoms with E-state index in [9.17, 15) is 33.6 Å². The Labute approximate surface area is 392 Å². The Hall–Kier alpha value is -7.61. The van der Waals surface area contributed by atoms with Crippen molar-refractivity contribution in [3.63, 3.8) is 0 Å². The van der Waals surface area contributed by atoms with Crippen LogP contribution in [0.25, 0.3) is 22.3 Å². The van der Waals surface area contributed by atoms with Crippen molar-refractivity contribution >= 4 is 52.4 Å². The molecule has 4 aromatic carbocycles. The summed E-state index contributed by atoms with van der Waals surface area (Å²) in [5.74, 6) is -3.05. The number of rotatable bonds is 17. The standard InChI is InChI=1S/C54H50N2O12/c1-3-37(57)31-34-11-9-32(10-12-34)15-29-46(59)65-39-25-19-36(20-26-39)54(63)68-44-28-27-43(49-50(44)56-51-48(55-49)41-7-5-6-8-42(41)52(51)61)67-53(62)35-17-23-40(24-18-35)66-47(60)30-16-33-13-21-38(22-14-33)64-45(58)4-2/h3-14,21-22,27-28,35-36,39-40H,1-2,15-20,23-26,29-31H2/t35-,36-,39-,40-. The van der Waals surface area contributed by atoms with Crippen molar-refractivity contribution in [1.82, 2.24) is 9.97 Å². The predicted molar refractivity (Wildman–Crippen MR) is 248 cm³/mol. The van der Waals surface area contributed by atoms with Crippen LogP contribution in [0.4, 0.5) is 0 Å². The van der Waals surface area contributed by atoms with E-state index in [1.165, 1.54) is 18.2 Å². The summed E-state index contributed by atoms with van der Waals surface area (Å²) in [6.07, 6.45) is 6.87. The summed E-state index contributed by atoms with van der Waals surface area (Å²) in [6, 6.07) is 24.4. The topological polar surface area (TPSA) is 191 Å². The number of benzene rings is 4. The van der Waals surface area contributed by atoms with Gasteiger partial charge in [-0.25, -0.2) is 14.8 Å². The van der Waals surface area contributed by atoms with Crippen LogP contribution < -0.4 is 14.2 Å². The summed E-state index contributed by atoms with van der Waals surface area (Å²) in [5, 5.41) is 0. The van der Waals surface area contributed by atoms with Crippen molar-refractivity contribution in [1.29, 1.82) is 0 Å². The van der Waals surface area contributed by atoms with Crippen molar-refractivity contribution in [3.05, 3.63) is 138 Å². The molecule has 1 aromatic heterocycles. The number of ketones is 2. The van der Waals surface area contributed by atoms with Gasteiger partial charge in [-0.3, -0.25) is 28.8 Å². The first-order valence-electron chi connectivity index (χ1n) is 22.9. The summed E-state index contributed by atoms with van der Waals surface area (Å²) >= 11 is 0. The second-order valence-corrected chi connectivity index (χ2v) is 17.3. The van der Waals surface area contributed by atoms with Gasteiger partial charge in [0.2, 0.25) is 5.78 Å². The normalized spacial score (nSPS) is 18.3. The molecule has 0 amide bonds. The lowest BCUT2D eigenvalue weighted by molar-refractivity contribution is -0.153. The zero-order valence-electron chi connectivity index (χ0n) is 37.4. The molecule has 0 bridgehead atoms. The molecule has 14 heteroatoms. The molecule has 0 aliphatic heterocycles. The van der Waals surface area contributed by atoms with Crippen LogP contribution in [0.1, 0.15) is 97.0 Å². The van der Waals surface area contributed by atoms with Crippen molar-refractivity contribution in [2.75, 3.05) is 0 Å². The van der Waals surface area contributed by atoms with Gasteiger partial charge in [0, 0.05) is 36.5 Å². The second-order valence-electron chi connectivity index (χ2n) is 17.3. The van der Waals surface area contributed by atoms with Crippen molar-refractivity contribution in [2.24, 2.45) is 11.8 Å².